The van der Waals surface area contributed by atoms with E-state index in [1.807, 2.05) is 6.07 Å². The normalized spacial score (nSPS) is 29.2. The van der Waals surface area contributed by atoms with Gasteiger partial charge in [-0.3, -0.25) is 0 Å². The molecule has 2 aliphatic carbocycles. The summed E-state index contributed by atoms with van der Waals surface area (Å²) in [4.78, 5) is 0. The van der Waals surface area contributed by atoms with Gasteiger partial charge in [0, 0.05) is 12.0 Å². The maximum Gasteiger partial charge on any atom is 0.119 e. The van der Waals surface area contributed by atoms with Gasteiger partial charge in [-0.15, -0.1) is 0 Å². The molecule has 2 aliphatic rings. The van der Waals surface area contributed by atoms with Gasteiger partial charge in [0.25, 0.3) is 0 Å². The van der Waals surface area contributed by atoms with Crippen LogP contribution in [0.5, 0.6) is 5.75 Å². The minimum absolute atomic E-state index is 0.285. The summed E-state index contributed by atoms with van der Waals surface area (Å²) >= 11 is 0. The first-order valence-corrected chi connectivity index (χ1v) is 6.83. The third-order valence-corrected chi connectivity index (χ3v) is 4.64. The number of phenols is 1. The van der Waals surface area contributed by atoms with Gasteiger partial charge < -0.3 is 10.8 Å². The monoisotopic (exact) mass is 231 g/mol. The molecule has 0 saturated heterocycles. The Morgan fingerprint density at radius 1 is 1.12 bits per heavy atom. The standard InChI is InChI=1S/C15H21NO/c16-13-9-8-11-12(6-3-7-14(11)17)15(13)10-4-1-2-5-10/h3,6-7,10,13,15,17H,1-2,4-5,8-9,16H2. The number of phenolic OH excluding ortho intramolecular Hbond substituents is 1. The van der Waals surface area contributed by atoms with Crippen molar-refractivity contribution in [2.45, 2.75) is 50.5 Å². The summed E-state index contributed by atoms with van der Waals surface area (Å²) in [6.07, 6.45) is 7.28. The maximum atomic E-state index is 9.96. The molecule has 1 fully saturated rings. The van der Waals surface area contributed by atoms with Gasteiger partial charge in [0.1, 0.15) is 5.75 Å². The average Bonchev–Trinajstić information content (AvgIpc) is 2.82. The van der Waals surface area contributed by atoms with Gasteiger partial charge in [0.05, 0.1) is 0 Å². The Bertz CT molecular complexity index is 409. The van der Waals surface area contributed by atoms with Crippen LogP contribution in [0.1, 0.15) is 49.1 Å². The van der Waals surface area contributed by atoms with E-state index < -0.39 is 0 Å². The second-order valence-electron chi connectivity index (χ2n) is 5.62. The molecular formula is C15H21NO. The molecule has 0 heterocycles. The van der Waals surface area contributed by atoms with Crippen molar-refractivity contribution in [3.05, 3.63) is 29.3 Å². The largest absolute Gasteiger partial charge is 0.508 e. The molecule has 0 radical (unpaired) electrons. The summed E-state index contributed by atoms with van der Waals surface area (Å²) in [5, 5.41) is 9.96. The Balaban J connectivity index is 2.00. The maximum absolute atomic E-state index is 9.96. The summed E-state index contributed by atoms with van der Waals surface area (Å²) in [6, 6.07) is 6.24. The molecule has 3 rings (SSSR count). The summed E-state index contributed by atoms with van der Waals surface area (Å²) in [5.41, 5.74) is 8.83. The van der Waals surface area contributed by atoms with Gasteiger partial charge in [-0.2, -0.15) is 0 Å². The second kappa shape index (κ2) is 4.34. The van der Waals surface area contributed by atoms with E-state index in [0.29, 0.717) is 11.7 Å². The lowest BCUT2D eigenvalue weighted by atomic mass is 9.72. The van der Waals surface area contributed by atoms with Crippen molar-refractivity contribution in [1.29, 1.82) is 0 Å². The number of nitrogens with two attached hydrogens (primary N) is 1. The Morgan fingerprint density at radius 3 is 2.65 bits per heavy atom. The quantitative estimate of drug-likeness (QED) is 0.780. The van der Waals surface area contributed by atoms with Crippen LogP contribution in [-0.2, 0) is 6.42 Å². The van der Waals surface area contributed by atoms with Crippen molar-refractivity contribution < 1.29 is 5.11 Å². The fraction of sp³-hybridized carbons (Fsp3) is 0.600. The van der Waals surface area contributed by atoms with Crippen LogP contribution in [-0.4, -0.2) is 11.1 Å². The summed E-state index contributed by atoms with van der Waals surface area (Å²) < 4.78 is 0. The fourth-order valence-corrected chi connectivity index (χ4v) is 3.82. The molecule has 0 aromatic heterocycles. The molecule has 3 N–H and O–H groups in total. The zero-order valence-corrected chi connectivity index (χ0v) is 10.2. The predicted octanol–water partition coefficient (Wildman–Crippen LogP) is 2.94. The molecule has 0 aliphatic heterocycles. The fourth-order valence-electron chi connectivity index (χ4n) is 3.82. The smallest absolute Gasteiger partial charge is 0.119 e. The van der Waals surface area contributed by atoms with Crippen LogP contribution in [0.3, 0.4) is 0 Å². The van der Waals surface area contributed by atoms with Crippen LogP contribution in [0.2, 0.25) is 0 Å². The topological polar surface area (TPSA) is 46.2 Å². The third kappa shape index (κ3) is 1.85. The van der Waals surface area contributed by atoms with Gasteiger partial charge in [0.2, 0.25) is 0 Å². The van der Waals surface area contributed by atoms with Crippen molar-refractivity contribution in [2.24, 2.45) is 11.7 Å². The Kier molecular flexibility index (Phi) is 2.83. The zero-order valence-electron chi connectivity index (χ0n) is 10.2. The van der Waals surface area contributed by atoms with E-state index in [0.717, 1.165) is 24.3 Å². The highest BCUT2D eigenvalue weighted by Gasteiger charge is 2.35. The van der Waals surface area contributed by atoms with Crippen molar-refractivity contribution in [2.75, 3.05) is 0 Å². The van der Waals surface area contributed by atoms with Gasteiger partial charge in [0.15, 0.2) is 0 Å². The first-order valence-electron chi connectivity index (χ1n) is 6.83. The molecule has 0 amide bonds. The summed E-state index contributed by atoms with van der Waals surface area (Å²) in [6.45, 7) is 0. The van der Waals surface area contributed by atoms with E-state index in [-0.39, 0.29) is 6.04 Å². The van der Waals surface area contributed by atoms with Gasteiger partial charge in [-0.25, -0.2) is 0 Å². The Hall–Kier alpha value is -1.02. The van der Waals surface area contributed by atoms with Crippen LogP contribution < -0.4 is 5.73 Å². The highest BCUT2D eigenvalue weighted by atomic mass is 16.3. The average molecular weight is 231 g/mol. The van der Waals surface area contributed by atoms with Crippen LogP contribution in [0.15, 0.2) is 18.2 Å². The molecule has 2 unspecified atom stereocenters. The first-order chi connectivity index (χ1) is 8.27. The summed E-state index contributed by atoms with van der Waals surface area (Å²) in [7, 11) is 0. The lowest BCUT2D eigenvalue weighted by molar-refractivity contribution is 0.338. The molecule has 0 bridgehead atoms. The molecule has 2 heteroatoms. The van der Waals surface area contributed by atoms with Crippen LogP contribution in [0.25, 0.3) is 0 Å². The third-order valence-electron chi connectivity index (χ3n) is 4.64. The number of fused-ring (bicyclic) bond motifs is 1. The lowest BCUT2D eigenvalue weighted by Crippen LogP contribution is -2.36. The van der Waals surface area contributed by atoms with E-state index >= 15 is 0 Å². The molecule has 92 valence electrons. The molecule has 2 nitrogen and oxygen atoms in total. The molecule has 17 heavy (non-hydrogen) atoms. The molecule has 0 spiro atoms. The zero-order chi connectivity index (χ0) is 11.8. The van der Waals surface area contributed by atoms with Crippen molar-refractivity contribution >= 4 is 0 Å². The van der Waals surface area contributed by atoms with E-state index in [1.165, 1.54) is 31.2 Å². The predicted molar refractivity (Wildman–Crippen MR) is 69.1 cm³/mol. The van der Waals surface area contributed by atoms with E-state index in [9.17, 15) is 5.11 Å². The molecule has 2 atom stereocenters. The van der Waals surface area contributed by atoms with Crippen molar-refractivity contribution in [1.82, 2.24) is 0 Å². The number of benzene rings is 1. The van der Waals surface area contributed by atoms with Gasteiger partial charge in [-0.05, 0) is 48.8 Å². The highest BCUT2D eigenvalue weighted by molar-refractivity contribution is 5.44. The van der Waals surface area contributed by atoms with Crippen LogP contribution >= 0.6 is 0 Å². The Labute approximate surface area is 103 Å². The van der Waals surface area contributed by atoms with Crippen molar-refractivity contribution in [3.8, 4) is 5.75 Å². The SMILES string of the molecule is NC1CCc2c(O)cccc2C1C1CCCC1. The number of rotatable bonds is 1. The lowest BCUT2D eigenvalue weighted by Gasteiger charge is -2.35. The van der Waals surface area contributed by atoms with E-state index in [1.54, 1.807) is 6.07 Å². The molecule has 1 aromatic carbocycles. The molecule has 1 aromatic rings. The molecular weight excluding hydrogens is 210 g/mol. The van der Waals surface area contributed by atoms with Crippen LogP contribution in [0, 0.1) is 5.92 Å². The highest BCUT2D eigenvalue weighted by Crippen LogP contribution is 2.45. The number of hydrogen-bond donors (Lipinski definition) is 2. The van der Waals surface area contributed by atoms with Gasteiger partial charge in [-0.1, -0.05) is 25.0 Å². The number of aromatic hydroxyl groups is 1. The summed E-state index contributed by atoms with van der Waals surface area (Å²) in [5.74, 6) is 1.69. The Morgan fingerprint density at radius 2 is 1.88 bits per heavy atom. The van der Waals surface area contributed by atoms with Gasteiger partial charge >= 0.3 is 0 Å². The van der Waals surface area contributed by atoms with E-state index in [4.69, 9.17) is 5.73 Å². The first kappa shape index (κ1) is 11.1. The molecule has 1 saturated carbocycles. The number of hydrogen-bond acceptors (Lipinski definition) is 2. The second-order valence-corrected chi connectivity index (χ2v) is 5.62. The minimum atomic E-state index is 0.285. The van der Waals surface area contributed by atoms with Crippen LogP contribution in [0.4, 0.5) is 0 Å². The van der Waals surface area contributed by atoms with Crippen molar-refractivity contribution in [3.63, 3.8) is 0 Å². The van der Waals surface area contributed by atoms with E-state index in [2.05, 4.69) is 6.07 Å². The minimum Gasteiger partial charge on any atom is -0.508 e.